The number of sulfonamides is 1. The number of carbonyl (C=O) groups is 2. The number of nitrogens with one attached hydrogen (secondary N) is 1. The van der Waals surface area contributed by atoms with Crippen LogP contribution in [-0.4, -0.2) is 57.1 Å². The van der Waals surface area contributed by atoms with Crippen molar-refractivity contribution in [3.8, 4) is 5.75 Å². The largest absolute Gasteiger partial charge is 0.497 e. The van der Waals surface area contributed by atoms with Gasteiger partial charge in [0.1, 0.15) is 18.3 Å². The van der Waals surface area contributed by atoms with Crippen LogP contribution < -0.4 is 14.4 Å². The molecule has 0 saturated heterocycles. The van der Waals surface area contributed by atoms with E-state index >= 15 is 0 Å². The molecule has 2 amide bonds. The summed E-state index contributed by atoms with van der Waals surface area (Å²) in [7, 11) is -2.26. The molecular weight excluding hydrogens is 514 g/mol. The first-order valence-electron chi connectivity index (χ1n) is 12.5. The van der Waals surface area contributed by atoms with Gasteiger partial charge >= 0.3 is 0 Å². The van der Waals surface area contributed by atoms with Crippen LogP contribution in [0.2, 0.25) is 5.02 Å². The normalized spacial score (nSPS) is 14.7. The van der Waals surface area contributed by atoms with Gasteiger partial charge in [0, 0.05) is 17.6 Å². The van der Waals surface area contributed by atoms with Gasteiger partial charge in [0.2, 0.25) is 21.8 Å². The molecule has 1 saturated carbocycles. The molecule has 10 heteroatoms. The molecule has 0 spiro atoms. The van der Waals surface area contributed by atoms with E-state index in [2.05, 4.69) is 5.32 Å². The molecule has 0 aliphatic heterocycles. The maximum atomic E-state index is 13.8. The first-order chi connectivity index (χ1) is 17.5. The highest BCUT2D eigenvalue weighted by Gasteiger charge is 2.33. The van der Waals surface area contributed by atoms with Gasteiger partial charge < -0.3 is 15.0 Å². The van der Waals surface area contributed by atoms with Crippen molar-refractivity contribution in [3.63, 3.8) is 0 Å². The molecule has 2 aromatic carbocycles. The van der Waals surface area contributed by atoms with E-state index in [1.807, 2.05) is 19.1 Å². The molecule has 0 radical (unpaired) electrons. The van der Waals surface area contributed by atoms with Crippen LogP contribution >= 0.6 is 11.6 Å². The van der Waals surface area contributed by atoms with E-state index in [1.165, 1.54) is 4.90 Å². The summed E-state index contributed by atoms with van der Waals surface area (Å²) >= 11 is 6.25. The number of hydrogen-bond acceptors (Lipinski definition) is 5. The van der Waals surface area contributed by atoms with Crippen LogP contribution in [0, 0.1) is 6.92 Å². The third-order valence-corrected chi connectivity index (χ3v) is 8.32. The topological polar surface area (TPSA) is 96.0 Å². The quantitative estimate of drug-likeness (QED) is 0.451. The van der Waals surface area contributed by atoms with Gasteiger partial charge in [0.15, 0.2) is 0 Å². The zero-order valence-corrected chi connectivity index (χ0v) is 23.4. The molecule has 1 aliphatic carbocycles. The summed E-state index contributed by atoms with van der Waals surface area (Å²) in [4.78, 5) is 28.6. The Morgan fingerprint density at radius 3 is 2.35 bits per heavy atom. The number of anilines is 1. The van der Waals surface area contributed by atoms with Crippen molar-refractivity contribution in [2.45, 2.75) is 64.6 Å². The Kier molecular flexibility index (Phi) is 9.84. The van der Waals surface area contributed by atoms with Gasteiger partial charge in [-0.05, 0) is 61.6 Å². The summed E-state index contributed by atoms with van der Waals surface area (Å²) in [6, 6.07) is 11.5. The first kappa shape index (κ1) is 28.8. The highest BCUT2D eigenvalue weighted by Crippen LogP contribution is 2.29. The third kappa shape index (κ3) is 7.38. The molecule has 1 aliphatic rings. The number of halogens is 1. The summed E-state index contributed by atoms with van der Waals surface area (Å²) in [5.74, 6) is -0.0255. The first-order valence-corrected chi connectivity index (χ1v) is 14.7. The van der Waals surface area contributed by atoms with Crippen molar-refractivity contribution in [1.29, 1.82) is 0 Å². The average molecular weight is 550 g/mol. The smallest absolute Gasteiger partial charge is 0.244 e. The molecule has 1 unspecified atom stereocenters. The van der Waals surface area contributed by atoms with E-state index in [4.69, 9.17) is 16.3 Å². The number of nitrogens with zero attached hydrogens (tertiary/aromatic N) is 2. The minimum absolute atomic E-state index is 0.0983. The number of rotatable bonds is 11. The number of amides is 2. The van der Waals surface area contributed by atoms with E-state index in [1.54, 1.807) is 44.4 Å². The second kappa shape index (κ2) is 12.6. The van der Waals surface area contributed by atoms with Crippen molar-refractivity contribution in [3.05, 3.63) is 58.6 Å². The van der Waals surface area contributed by atoms with Gasteiger partial charge in [-0.1, -0.05) is 49.6 Å². The van der Waals surface area contributed by atoms with E-state index in [0.29, 0.717) is 28.4 Å². The number of ether oxygens (including phenoxy) is 1. The summed E-state index contributed by atoms with van der Waals surface area (Å²) < 4.78 is 31.9. The van der Waals surface area contributed by atoms with Crippen molar-refractivity contribution in [2.24, 2.45) is 0 Å². The fraction of sp³-hybridized carbons (Fsp3) is 0.481. The van der Waals surface area contributed by atoms with Gasteiger partial charge in [-0.2, -0.15) is 0 Å². The molecule has 37 heavy (non-hydrogen) atoms. The summed E-state index contributed by atoms with van der Waals surface area (Å²) in [6.45, 7) is 3.25. The number of benzene rings is 2. The molecule has 3 rings (SSSR count). The highest BCUT2D eigenvalue weighted by atomic mass is 35.5. The second-order valence-corrected chi connectivity index (χ2v) is 11.8. The van der Waals surface area contributed by atoms with Crippen molar-refractivity contribution in [1.82, 2.24) is 10.2 Å². The lowest BCUT2D eigenvalue weighted by Gasteiger charge is -2.33. The maximum absolute atomic E-state index is 13.8. The van der Waals surface area contributed by atoms with Gasteiger partial charge in [-0.25, -0.2) is 8.42 Å². The molecule has 1 fully saturated rings. The Morgan fingerprint density at radius 2 is 1.78 bits per heavy atom. The summed E-state index contributed by atoms with van der Waals surface area (Å²) in [6.07, 6.45) is 5.42. The lowest BCUT2D eigenvalue weighted by Crippen LogP contribution is -2.53. The molecule has 0 aromatic heterocycles. The number of hydrogen-bond donors (Lipinski definition) is 1. The van der Waals surface area contributed by atoms with Crippen LogP contribution in [-0.2, 0) is 26.2 Å². The van der Waals surface area contributed by atoms with Gasteiger partial charge in [0.25, 0.3) is 0 Å². The standard InChI is InChI=1S/C27H36ClN3O5S/c1-5-24(27(33)29-21-9-6-7-10-21)30(17-20-13-15-22(36-3)16-14-20)26(32)18-31(37(4,34)35)25-12-8-11-23(28)19(25)2/h8,11-16,21,24H,5-7,9-10,17-18H2,1-4H3,(H,29,33). The summed E-state index contributed by atoms with van der Waals surface area (Å²) in [5, 5.41) is 3.50. The van der Waals surface area contributed by atoms with E-state index in [-0.39, 0.29) is 18.5 Å². The molecular formula is C27H36ClN3O5S. The zero-order chi connectivity index (χ0) is 27.2. The second-order valence-electron chi connectivity index (χ2n) is 9.44. The predicted molar refractivity (Wildman–Crippen MR) is 146 cm³/mol. The van der Waals surface area contributed by atoms with Crippen molar-refractivity contribution < 1.29 is 22.7 Å². The Labute approximate surface area is 225 Å². The van der Waals surface area contributed by atoms with Crippen LogP contribution in [0.5, 0.6) is 5.75 Å². The maximum Gasteiger partial charge on any atom is 0.244 e. The third-order valence-electron chi connectivity index (χ3n) is 6.79. The Balaban J connectivity index is 1.95. The van der Waals surface area contributed by atoms with Gasteiger partial charge in [-0.3, -0.25) is 13.9 Å². The van der Waals surface area contributed by atoms with Crippen molar-refractivity contribution in [2.75, 3.05) is 24.2 Å². The fourth-order valence-electron chi connectivity index (χ4n) is 4.68. The van der Waals surface area contributed by atoms with Crippen molar-refractivity contribution >= 4 is 39.1 Å². The molecule has 1 N–H and O–H groups in total. The van der Waals surface area contributed by atoms with Gasteiger partial charge in [0.05, 0.1) is 19.1 Å². The minimum atomic E-state index is -3.83. The van der Waals surface area contributed by atoms with Crippen LogP contribution in [0.4, 0.5) is 5.69 Å². The van der Waals surface area contributed by atoms with E-state index in [9.17, 15) is 18.0 Å². The molecule has 1 atom stereocenters. The van der Waals surface area contributed by atoms with Crippen LogP contribution in [0.25, 0.3) is 0 Å². The molecule has 2 aromatic rings. The number of methoxy groups -OCH3 is 1. The van der Waals surface area contributed by atoms with E-state index < -0.39 is 28.5 Å². The Morgan fingerprint density at radius 1 is 1.14 bits per heavy atom. The highest BCUT2D eigenvalue weighted by molar-refractivity contribution is 7.92. The van der Waals surface area contributed by atoms with Gasteiger partial charge in [-0.15, -0.1) is 0 Å². The molecule has 0 bridgehead atoms. The monoisotopic (exact) mass is 549 g/mol. The number of carbonyl (C=O) groups excluding carboxylic acids is 2. The van der Waals surface area contributed by atoms with Crippen LogP contribution in [0.15, 0.2) is 42.5 Å². The Hall–Kier alpha value is -2.78. The SMILES string of the molecule is CCC(C(=O)NC1CCCC1)N(Cc1ccc(OC)cc1)C(=O)CN(c1cccc(Cl)c1C)S(C)(=O)=O. The minimum Gasteiger partial charge on any atom is -0.497 e. The van der Waals surface area contributed by atoms with Crippen LogP contribution in [0.1, 0.15) is 50.2 Å². The average Bonchev–Trinajstić information content (AvgIpc) is 3.37. The van der Waals surface area contributed by atoms with E-state index in [0.717, 1.165) is 41.8 Å². The molecule has 8 nitrogen and oxygen atoms in total. The molecule has 202 valence electrons. The van der Waals surface area contributed by atoms with Crippen LogP contribution in [0.3, 0.4) is 0 Å². The lowest BCUT2D eigenvalue weighted by atomic mass is 10.1. The zero-order valence-electron chi connectivity index (χ0n) is 21.9. The lowest BCUT2D eigenvalue weighted by molar-refractivity contribution is -0.140. The molecule has 0 heterocycles. The predicted octanol–water partition coefficient (Wildman–Crippen LogP) is 4.29. The summed E-state index contributed by atoms with van der Waals surface area (Å²) in [5.41, 5.74) is 1.68. The Bertz CT molecular complexity index is 1200. The fourth-order valence-corrected chi connectivity index (χ4v) is 5.75.